The summed E-state index contributed by atoms with van der Waals surface area (Å²) in [5.41, 5.74) is 0.283. The minimum Gasteiger partial charge on any atom is -0.516 e. The average Bonchev–Trinajstić information content (AvgIpc) is 2.14. The molecule has 0 aliphatic carbocycles. The van der Waals surface area contributed by atoms with E-state index in [0.29, 0.717) is 0 Å². The molecule has 0 aliphatic rings. The minimum absolute atomic E-state index is 0.239. The minimum atomic E-state index is -1.96. The van der Waals surface area contributed by atoms with Gasteiger partial charge >= 0.3 is 11.9 Å². The number of para-hydroxylation sites is 1. The van der Waals surface area contributed by atoms with Crippen LogP contribution in [0.2, 0.25) is 19.6 Å². The van der Waals surface area contributed by atoms with Crippen LogP contribution in [-0.2, 0) is 9.22 Å². The predicted octanol–water partition coefficient (Wildman–Crippen LogP) is 2.60. The van der Waals surface area contributed by atoms with Crippen LogP contribution in [0.3, 0.4) is 0 Å². The first-order valence-corrected chi connectivity index (χ1v) is 8.71. The Bertz CT molecular complexity index is 434. The van der Waals surface area contributed by atoms with Crippen LogP contribution in [-0.4, -0.2) is 20.3 Å². The Morgan fingerprint density at radius 2 is 1.71 bits per heavy atom. The van der Waals surface area contributed by atoms with Crippen molar-refractivity contribution in [2.75, 3.05) is 0 Å². The molecule has 0 fully saturated rings. The smallest absolute Gasteiger partial charge is 0.328 e. The molecule has 17 heavy (non-hydrogen) atoms. The number of carbonyl (C=O) groups excluding carboxylic acids is 2. The van der Waals surface area contributed by atoms with Gasteiger partial charge in [0, 0.05) is 6.92 Å². The maximum absolute atomic E-state index is 11.9. The second-order valence-corrected chi connectivity index (χ2v) is 9.02. The van der Waals surface area contributed by atoms with Gasteiger partial charge in [0.15, 0.2) is 0 Å². The summed E-state index contributed by atoms with van der Waals surface area (Å²) in [4.78, 5) is 22.8. The fourth-order valence-corrected chi connectivity index (χ4v) is 1.88. The van der Waals surface area contributed by atoms with Gasteiger partial charge in [-0.1, -0.05) is 12.1 Å². The molecule has 0 heterocycles. The summed E-state index contributed by atoms with van der Waals surface area (Å²) in [6, 6.07) is 6.56. The zero-order chi connectivity index (χ0) is 13.1. The van der Waals surface area contributed by atoms with Gasteiger partial charge in [-0.3, -0.25) is 4.79 Å². The molecule has 0 amide bonds. The molecule has 0 N–H and O–H groups in total. The van der Waals surface area contributed by atoms with Crippen molar-refractivity contribution in [3.05, 3.63) is 29.8 Å². The molecule has 0 unspecified atom stereocenters. The van der Waals surface area contributed by atoms with E-state index in [4.69, 9.17) is 9.16 Å². The van der Waals surface area contributed by atoms with E-state index in [-0.39, 0.29) is 11.3 Å². The van der Waals surface area contributed by atoms with Gasteiger partial charge in [0.05, 0.1) is 0 Å². The summed E-state index contributed by atoms with van der Waals surface area (Å²) >= 11 is 0. The van der Waals surface area contributed by atoms with Gasteiger partial charge in [-0.25, -0.2) is 4.79 Å². The lowest BCUT2D eigenvalue weighted by molar-refractivity contribution is -0.131. The predicted molar refractivity (Wildman–Crippen MR) is 66.5 cm³/mol. The second kappa shape index (κ2) is 5.14. The van der Waals surface area contributed by atoms with Crippen molar-refractivity contribution >= 4 is 20.3 Å². The van der Waals surface area contributed by atoms with Crippen LogP contribution in [0.1, 0.15) is 17.3 Å². The normalized spacial score (nSPS) is 10.8. The topological polar surface area (TPSA) is 52.6 Å². The van der Waals surface area contributed by atoms with Crippen LogP contribution >= 0.6 is 0 Å². The van der Waals surface area contributed by atoms with Crippen LogP contribution in [0.25, 0.3) is 0 Å². The van der Waals surface area contributed by atoms with Crippen LogP contribution in [0.4, 0.5) is 0 Å². The fourth-order valence-electron chi connectivity index (χ4n) is 1.21. The van der Waals surface area contributed by atoms with E-state index in [1.165, 1.54) is 6.92 Å². The van der Waals surface area contributed by atoms with E-state index in [1.54, 1.807) is 24.3 Å². The van der Waals surface area contributed by atoms with Gasteiger partial charge in [-0.15, -0.1) is 0 Å². The summed E-state index contributed by atoms with van der Waals surface area (Å²) in [5.74, 6) is -0.664. The zero-order valence-corrected chi connectivity index (χ0v) is 11.4. The Morgan fingerprint density at radius 1 is 1.12 bits per heavy atom. The molecule has 0 saturated heterocycles. The van der Waals surface area contributed by atoms with Gasteiger partial charge in [-0.2, -0.15) is 0 Å². The molecule has 5 heteroatoms. The number of hydrogen-bond donors (Lipinski definition) is 0. The number of benzene rings is 1. The van der Waals surface area contributed by atoms with Crippen molar-refractivity contribution in [2.45, 2.75) is 26.6 Å². The van der Waals surface area contributed by atoms with Crippen LogP contribution in [0, 0.1) is 0 Å². The molecule has 0 radical (unpaired) electrons. The highest BCUT2D eigenvalue weighted by Crippen LogP contribution is 2.20. The molecule has 0 bridgehead atoms. The van der Waals surface area contributed by atoms with E-state index in [1.807, 2.05) is 19.6 Å². The molecule has 0 aliphatic heterocycles. The van der Waals surface area contributed by atoms with E-state index in [0.717, 1.165) is 0 Å². The van der Waals surface area contributed by atoms with Crippen molar-refractivity contribution < 1.29 is 18.8 Å². The fraction of sp³-hybridized carbons (Fsp3) is 0.333. The van der Waals surface area contributed by atoms with E-state index >= 15 is 0 Å². The summed E-state index contributed by atoms with van der Waals surface area (Å²) in [7, 11) is -1.96. The first kappa shape index (κ1) is 13.4. The number of hydrogen-bond acceptors (Lipinski definition) is 4. The number of esters is 1. The Morgan fingerprint density at radius 3 is 2.24 bits per heavy atom. The third-order valence-electron chi connectivity index (χ3n) is 1.76. The summed E-state index contributed by atoms with van der Waals surface area (Å²) in [6.45, 7) is 7.04. The van der Waals surface area contributed by atoms with E-state index in [2.05, 4.69) is 0 Å². The number of rotatable bonds is 3. The highest BCUT2D eigenvalue weighted by Gasteiger charge is 2.23. The van der Waals surface area contributed by atoms with E-state index < -0.39 is 20.3 Å². The molecular weight excluding hydrogens is 236 g/mol. The van der Waals surface area contributed by atoms with Crippen molar-refractivity contribution in [1.29, 1.82) is 0 Å². The quantitative estimate of drug-likeness (QED) is 0.471. The molecule has 0 aromatic heterocycles. The van der Waals surface area contributed by atoms with Crippen LogP contribution in [0.15, 0.2) is 24.3 Å². The third kappa shape index (κ3) is 4.40. The number of carbonyl (C=O) groups is 2. The highest BCUT2D eigenvalue weighted by molar-refractivity contribution is 6.71. The number of ether oxygens (including phenoxy) is 1. The lowest BCUT2D eigenvalue weighted by Gasteiger charge is -2.18. The van der Waals surface area contributed by atoms with Crippen molar-refractivity contribution in [1.82, 2.24) is 0 Å². The van der Waals surface area contributed by atoms with Crippen LogP contribution < -0.4 is 4.74 Å². The van der Waals surface area contributed by atoms with Gasteiger partial charge < -0.3 is 9.16 Å². The molecule has 92 valence electrons. The van der Waals surface area contributed by atoms with Crippen molar-refractivity contribution in [3.8, 4) is 5.75 Å². The molecule has 0 atom stereocenters. The summed E-state index contributed by atoms with van der Waals surface area (Å²) < 4.78 is 10.3. The van der Waals surface area contributed by atoms with Crippen molar-refractivity contribution in [2.24, 2.45) is 0 Å². The zero-order valence-electron chi connectivity index (χ0n) is 10.4. The van der Waals surface area contributed by atoms with E-state index in [9.17, 15) is 9.59 Å². The monoisotopic (exact) mass is 252 g/mol. The summed E-state index contributed by atoms with van der Waals surface area (Å²) in [5, 5.41) is 0. The summed E-state index contributed by atoms with van der Waals surface area (Å²) in [6.07, 6.45) is 0. The lowest BCUT2D eigenvalue weighted by Crippen LogP contribution is -2.29. The SMILES string of the molecule is CC(=O)Oc1ccccc1C(=O)O[Si](C)(C)C. The van der Waals surface area contributed by atoms with Crippen molar-refractivity contribution in [3.63, 3.8) is 0 Å². The molecule has 1 rings (SSSR count). The molecule has 1 aromatic rings. The average molecular weight is 252 g/mol. The highest BCUT2D eigenvalue weighted by atomic mass is 28.4. The first-order chi connectivity index (χ1) is 7.79. The van der Waals surface area contributed by atoms with Crippen LogP contribution in [0.5, 0.6) is 5.75 Å². The Kier molecular flexibility index (Phi) is 4.06. The Hall–Kier alpha value is -1.62. The molecule has 0 saturated carbocycles. The Labute approximate surface area is 102 Å². The first-order valence-electron chi connectivity index (χ1n) is 5.30. The maximum Gasteiger partial charge on any atom is 0.328 e. The second-order valence-electron chi connectivity index (χ2n) is 4.59. The van der Waals surface area contributed by atoms with Gasteiger partial charge in [-0.05, 0) is 31.8 Å². The molecular formula is C12H16O4Si. The lowest BCUT2D eigenvalue weighted by atomic mass is 10.2. The third-order valence-corrected chi connectivity index (χ3v) is 2.56. The standard InChI is InChI=1S/C12H16O4Si/c1-9(13)15-11-8-6-5-7-10(11)12(14)16-17(2,3)4/h5-8H,1-4H3. The molecule has 4 nitrogen and oxygen atoms in total. The Balaban J connectivity index is 2.97. The van der Waals surface area contributed by atoms with Gasteiger partial charge in [0.1, 0.15) is 11.3 Å². The van der Waals surface area contributed by atoms with Gasteiger partial charge in [0.2, 0.25) is 8.32 Å². The molecule has 0 spiro atoms. The van der Waals surface area contributed by atoms with Gasteiger partial charge in [0.25, 0.3) is 0 Å². The molecule has 1 aromatic carbocycles. The largest absolute Gasteiger partial charge is 0.516 e. The maximum atomic E-state index is 11.9.